The first-order valence-corrected chi connectivity index (χ1v) is 10.9. The fraction of sp³-hybridized carbons (Fsp3) is 0.769. The van der Waals surface area contributed by atoms with Crippen molar-refractivity contribution in [2.24, 2.45) is 0 Å². The average molecular weight is 368 g/mol. The van der Waals surface area contributed by atoms with Gasteiger partial charge in [0, 0.05) is 0 Å². The van der Waals surface area contributed by atoms with Crippen LogP contribution in [0.1, 0.15) is 26.2 Å². The molecule has 0 bridgehead atoms. The van der Waals surface area contributed by atoms with Crippen LogP contribution in [0.25, 0.3) is 0 Å². The third-order valence-corrected chi connectivity index (χ3v) is 6.67. The summed E-state index contributed by atoms with van der Waals surface area (Å²) in [6.45, 7) is 7.29. The predicted molar refractivity (Wildman–Crippen MR) is 83.9 cm³/mol. The topological polar surface area (TPSA) is 71.4 Å². The van der Waals surface area contributed by atoms with E-state index >= 15 is 0 Å². The molecule has 0 saturated carbocycles. The summed E-state index contributed by atoms with van der Waals surface area (Å²) in [7, 11) is 0.382. The van der Waals surface area contributed by atoms with E-state index in [2.05, 4.69) is 20.7 Å². The molecule has 0 spiro atoms. The molecule has 7 heteroatoms. The minimum absolute atomic E-state index is 0.160. The van der Waals surface area contributed by atoms with Gasteiger partial charge in [-0.25, -0.2) is 0 Å². The molecule has 0 aliphatic carbocycles. The molecule has 0 amide bonds. The van der Waals surface area contributed by atoms with Gasteiger partial charge in [-0.3, -0.25) is 0 Å². The van der Waals surface area contributed by atoms with Gasteiger partial charge >= 0.3 is 129 Å². The molecular formula is C13H27AsNO4S+. The van der Waals surface area contributed by atoms with Crippen LogP contribution in [-0.2, 0) is 14.9 Å². The second-order valence-corrected chi connectivity index (χ2v) is 10.1. The Hall–Kier alpha value is -0.162. The van der Waals surface area contributed by atoms with Crippen molar-refractivity contribution in [3.05, 3.63) is 12.2 Å². The normalized spacial score (nSPS) is 13.0. The van der Waals surface area contributed by atoms with E-state index in [4.69, 9.17) is 4.55 Å². The predicted octanol–water partition coefficient (Wildman–Crippen LogP) is 1.08. The van der Waals surface area contributed by atoms with E-state index in [-0.39, 0.29) is 10.3 Å². The first kappa shape index (κ1) is 19.8. The van der Waals surface area contributed by atoms with Crippen LogP contribution < -0.4 is 0 Å². The van der Waals surface area contributed by atoms with Crippen molar-refractivity contribution in [3.63, 3.8) is 0 Å². The molecule has 0 aromatic rings. The van der Waals surface area contributed by atoms with Crippen LogP contribution in [0.2, 0.25) is 5.21 Å². The number of nitrogens with zero attached hydrogens (tertiary/aromatic N) is 1. The van der Waals surface area contributed by atoms with Crippen molar-refractivity contribution in [1.29, 1.82) is 0 Å². The van der Waals surface area contributed by atoms with Crippen molar-refractivity contribution >= 4 is 30.4 Å². The van der Waals surface area contributed by atoms with Gasteiger partial charge in [0.1, 0.15) is 0 Å². The molecular weight excluding hydrogens is 341 g/mol. The Bertz CT molecular complexity index is 432. The summed E-state index contributed by atoms with van der Waals surface area (Å²) in [4.78, 5) is 11.4. The Labute approximate surface area is 129 Å². The number of carbonyl (C=O) groups excluding carboxylic acids is 1. The zero-order valence-electron chi connectivity index (χ0n) is 12.7. The number of quaternary nitrogens is 1. The molecule has 1 unspecified atom stereocenters. The molecule has 0 fully saturated rings. The molecule has 0 saturated heterocycles. The maximum absolute atomic E-state index is 11.4. The Morgan fingerprint density at radius 1 is 1.20 bits per heavy atom. The van der Waals surface area contributed by atoms with Gasteiger partial charge in [-0.1, -0.05) is 0 Å². The summed E-state index contributed by atoms with van der Waals surface area (Å²) in [6, 6.07) is 0. The van der Waals surface area contributed by atoms with Crippen LogP contribution in [0.4, 0.5) is 0 Å². The van der Waals surface area contributed by atoms with Gasteiger partial charge in [-0.05, 0) is 0 Å². The first-order chi connectivity index (χ1) is 9.03. The Morgan fingerprint density at radius 3 is 2.25 bits per heavy atom. The molecule has 0 rings (SSSR count). The van der Waals surface area contributed by atoms with Crippen LogP contribution in [0, 0.1) is 0 Å². The quantitative estimate of drug-likeness (QED) is 0.195. The molecule has 0 heterocycles. The number of rotatable bonds is 11. The molecule has 1 atom stereocenters. The molecule has 1 N–H and O–H groups in total. The standard InChI is InChI=1S/C13H26AsNO4S/c1-12(2)13(16)14-8-7-10-15(3,4)9-5-6-11-20(17,18)19/h14H,1,5-11H2,2-4H3/p+1. The summed E-state index contributed by atoms with van der Waals surface area (Å²) < 4.78 is 30.9. The number of hydrogen-bond acceptors (Lipinski definition) is 3. The molecule has 0 aromatic heterocycles. The summed E-state index contributed by atoms with van der Waals surface area (Å²) in [5.41, 5.74) is 0.670. The van der Waals surface area contributed by atoms with Gasteiger partial charge in [0.15, 0.2) is 0 Å². The summed E-state index contributed by atoms with van der Waals surface area (Å²) >= 11 is -0.560. The van der Waals surface area contributed by atoms with Crippen LogP contribution in [-0.4, -0.2) is 70.7 Å². The Balaban J connectivity index is 3.79. The summed E-state index contributed by atoms with van der Waals surface area (Å²) in [5.74, 6) is -0.160. The van der Waals surface area contributed by atoms with Gasteiger partial charge in [-0.15, -0.1) is 0 Å². The zero-order valence-corrected chi connectivity index (χ0v) is 15.6. The van der Waals surface area contributed by atoms with E-state index in [1.165, 1.54) is 0 Å². The maximum atomic E-state index is 11.4. The second-order valence-electron chi connectivity index (χ2n) is 5.77. The van der Waals surface area contributed by atoms with E-state index in [0.717, 1.165) is 35.6 Å². The first-order valence-electron chi connectivity index (χ1n) is 6.74. The van der Waals surface area contributed by atoms with Gasteiger partial charge < -0.3 is 0 Å². The molecule has 0 aliphatic rings. The van der Waals surface area contributed by atoms with Crippen molar-refractivity contribution in [3.8, 4) is 0 Å². The van der Waals surface area contributed by atoms with E-state index in [1.54, 1.807) is 6.92 Å². The van der Waals surface area contributed by atoms with Crippen LogP contribution in [0.3, 0.4) is 0 Å². The third kappa shape index (κ3) is 11.6. The number of hydrogen-bond donors (Lipinski definition) is 1. The van der Waals surface area contributed by atoms with Gasteiger partial charge in [0.2, 0.25) is 0 Å². The third-order valence-electron chi connectivity index (χ3n) is 3.03. The molecule has 0 radical (unpaired) electrons. The monoisotopic (exact) mass is 368 g/mol. The van der Waals surface area contributed by atoms with Gasteiger partial charge in [0.25, 0.3) is 0 Å². The minimum atomic E-state index is -3.83. The van der Waals surface area contributed by atoms with E-state index in [1.807, 2.05) is 0 Å². The van der Waals surface area contributed by atoms with Crippen molar-refractivity contribution in [2.75, 3.05) is 32.9 Å². The van der Waals surface area contributed by atoms with E-state index < -0.39 is 25.9 Å². The fourth-order valence-electron chi connectivity index (χ4n) is 1.80. The molecule has 5 nitrogen and oxygen atoms in total. The fourth-order valence-corrected chi connectivity index (χ4v) is 4.18. The number of carbonyl (C=O) groups is 1. The van der Waals surface area contributed by atoms with Crippen LogP contribution in [0.5, 0.6) is 0 Å². The molecule has 118 valence electrons. The van der Waals surface area contributed by atoms with Gasteiger partial charge in [0.05, 0.1) is 0 Å². The van der Waals surface area contributed by atoms with Crippen LogP contribution >= 0.6 is 0 Å². The van der Waals surface area contributed by atoms with E-state index in [0.29, 0.717) is 12.0 Å². The SMILES string of the molecule is C=C(C)C(=O)[AsH]CCC[N+](C)(C)CCCCS(=O)(=O)O. The van der Waals surface area contributed by atoms with Gasteiger partial charge in [-0.2, -0.15) is 0 Å². The zero-order chi connectivity index (χ0) is 15.8. The van der Waals surface area contributed by atoms with Crippen molar-refractivity contribution in [2.45, 2.75) is 31.4 Å². The molecule has 20 heavy (non-hydrogen) atoms. The number of unbranched alkanes of at least 4 members (excludes halogenated alkanes) is 1. The van der Waals surface area contributed by atoms with E-state index in [9.17, 15) is 13.2 Å². The summed E-state index contributed by atoms with van der Waals surface area (Å²) in [6.07, 6.45) is 2.28. The van der Waals surface area contributed by atoms with Crippen LogP contribution in [0.15, 0.2) is 12.2 Å². The number of allylic oxidation sites excluding steroid dienone is 1. The second kappa shape index (κ2) is 8.98. The average Bonchev–Trinajstić information content (AvgIpc) is 2.29. The molecule has 0 aromatic carbocycles. The Kier molecular flexibility index (Phi) is 8.91. The Morgan fingerprint density at radius 2 is 1.75 bits per heavy atom. The summed E-state index contributed by atoms with van der Waals surface area (Å²) in [5, 5.41) is 0.985. The van der Waals surface area contributed by atoms with Crippen molar-refractivity contribution < 1.29 is 22.2 Å². The molecule has 0 aliphatic heterocycles. The van der Waals surface area contributed by atoms with Crippen molar-refractivity contribution in [1.82, 2.24) is 0 Å².